The Morgan fingerprint density at radius 2 is 1.96 bits per heavy atom. The highest BCUT2D eigenvalue weighted by molar-refractivity contribution is 5.73. The van der Waals surface area contributed by atoms with Crippen LogP contribution < -0.4 is 5.32 Å². The van der Waals surface area contributed by atoms with Gasteiger partial charge in [-0.3, -0.25) is 0 Å². The van der Waals surface area contributed by atoms with E-state index in [4.69, 9.17) is 0 Å². The number of rotatable bonds is 7. The second kappa shape index (κ2) is 8.49. The third kappa shape index (κ3) is 5.09. The summed E-state index contributed by atoms with van der Waals surface area (Å²) in [5.74, 6) is 0. The number of nitrogens with zero attached hydrogens (tertiary/aromatic N) is 4. The third-order valence-corrected chi connectivity index (χ3v) is 4.13. The minimum atomic E-state index is -0.0610. The zero-order valence-corrected chi connectivity index (χ0v) is 14.9. The molecule has 1 aromatic carbocycles. The number of amides is 2. The highest BCUT2D eigenvalue weighted by Crippen LogP contribution is 2.17. The van der Waals surface area contributed by atoms with E-state index in [1.807, 2.05) is 31.9 Å². The molecule has 1 unspecified atom stereocenters. The molecule has 2 amide bonds. The lowest BCUT2D eigenvalue weighted by molar-refractivity contribution is 0.201. The van der Waals surface area contributed by atoms with Crippen LogP contribution in [0.5, 0.6) is 0 Å². The summed E-state index contributed by atoms with van der Waals surface area (Å²) in [6.45, 7) is 4.02. The van der Waals surface area contributed by atoms with Crippen molar-refractivity contribution in [2.24, 2.45) is 0 Å². The smallest absolute Gasteiger partial charge is 0.317 e. The standard InChI is InChI=1S/C18H27N5O/c1-15-5-7-16(8-6-15)17(21(2)3)13-20-18(24)22(4)11-12-23-10-9-19-14-23/h5-10,14,17H,11-13H2,1-4H3,(H,20,24). The summed E-state index contributed by atoms with van der Waals surface area (Å²) in [4.78, 5) is 20.1. The number of nitrogens with one attached hydrogen (secondary N) is 1. The minimum Gasteiger partial charge on any atom is -0.336 e. The molecule has 6 nitrogen and oxygen atoms in total. The molecule has 1 atom stereocenters. The number of carbonyl (C=O) groups excluding carboxylic acids is 1. The van der Waals surface area contributed by atoms with Crippen molar-refractivity contribution in [3.05, 3.63) is 54.1 Å². The number of likely N-dealkylation sites (N-methyl/N-ethyl adjacent to an activating group) is 2. The lowest BCUT2D eigenvalue weighted by Crippen LogP contribution is -2.42. The zero-order valence-electron chi connectivity index (χ0n) is 14.9. The maximum atomic E-state index is 12.3. The number of imidazole rings is 1. The number of aryl methyl sites for hydroxylation is 1. The van der Waals surface area contributed by atoms with Crippen LogP contribution in [-0.4, -0.2) is 59.6 Å². The molecule has 0 aliphatic heterocycles. The van der Waals surface area contributed by atoms with Crippen LogP contribution >= 0.6 is 0 Å². The lowest BCUT2D eigenvalue weighted by Gasteiger charge is -2.26. The van der Waals surface area contributed by atoms with Gasteiger partial charge in [0.2, 0.25) is 0 Å². The number of hydrogen-bond acceptors (Lipinski definition) is 3. The van der Waals surface area contributed by atoms with Crippen LogP contribution in [-0.2, 0) is 6.54 Å². The van der Waals surface area contributed by atoms with Crippen molar-refractivity contribution in [3.63, 3.8) is 0 Å². The third-order valence-electron chi connectivity index (χ3n) is 4.13. The second-order valence-corrected chi connectivity index (χ2v) is 6.30. The molecule has 0 saturated carbocycles. The average Bonchev–Trinajstić information content (AvgIpc) is 3.07. The molecule has 0 bridgehead atoms. The molecule has 0 spiro atoms. The molecule has 0 radical (unpaired) electrons. The molecule has 1 N–H and O–H groups in total. The van der Waals surface area contributed by atoms with Gasteiger partial charge in [0.05, 0.1) is 12.4 Å². The minimum absolute atomic E-state index is 0.0610. The van der Waals surface area contributed by atoms with Crippen molar-refractivity contribution in [2.45, 2.75) is 19.5 Å². The molecule has 1 heterocycles. The van der Waals surface area contributed by atoms with E-state index >= 15 is 0 Å². The summed E-state index contributed by atoms with van der Waals surface area (Å²) in [5.41, 5.74) is 2.44. The molecule has 24 heavy (non-hydrogen) atoms. The number of benzene rings is 1. The Kier molecular flexibility index (Phi) is 6.37. The SMILES string of the molecule is Cc1ccc(C(CNC(=O)N(C)CCn2ccnc2)N(C)C)cc1. The number of aromatic nitrogens is 2. The quantitative estimate of drug-likeness (QED) is 0.847. The molecule has 130 valence electrons. The first-order valence-corrected chi connectivity index (χ1v) is 8.15. The molecule has 0 aliphatic carbocycles. The Hall–Kier alpha value is -2.34. The molecule has 0 aliphatic rings. The largest absolute Gasteiger partial charge is 0.336 e. The van der Waals surface area contributed by atoms with Gasteiger partial charge in [0.15, 0.2) is 0 Å². The van der Waals surface area contributed by atoms with Gasteiger partial charge in [-0.1, -0.05) is 29.8 Å². The fourth-order valence-electron chi connectivity index (χ4n) is 2.49. The second-order valence-electron chi connectivity index (χ2n) is 6.30. The van der Waals surface area contributed by atoms with E-state index in [-0.39, 0.29) is 12.1 Å². The average molecular weight is 329 g/mol. The molecular weight excluding hydrogens is 302 g/mol. The molecule has 2 rings (SSSR count). The van der Waals surface area contributed by atoms with Crippen LogP contribution in [0.25, 0.3) is 0 Å². The van der Waals surface area contributed by atoms with Crippen LogP contribution in [0.4, 0.5) is 4.79 Å². The molecule has 1 aromatic heterocycles. The van der Waals surface area contributed by atoms with Crippen LogP contribution in [0.3, 0.4) is 0 Å². The summed E-state index contributed by atoms with van der Waals surface area (Å²) in [5, 5.41) is 3.03. The van der Waals surface area contributed by atoms with Crippen molar-refractivity contribution in [2.75, 3.05) is 34.2 Å². The summed E-state index contributed by atoms with van der Waals surface area (Å²) in [7, 11) is 5.86. The van der Waals surface area contributed by atoms with Crippen LogP contribution in [0.15, 0.2) is 43.0 Å². The summed E-state index contributed by atoms with van der Waals surface area (Å²) >= 11 is 0. The monoisotopic (exact) mass is 329 g/mol. The number of urea groups is 1. The Morgan fingerprint density at radius 1 is 1.25 bits per heavy atom. The van der Waals surface area contributed by atoms with Gasteiger partial charge in [0, 0.05) is 39.1 Å². The van der Waals surface area contributed by atoms with E-state index in [1.54, 1.807) is 17.4 Å². The van der Waals surface area contributed by atoms with E-state index in [1.165, 1.54) is 11.1 Å². The normalized spacial score (nSPS) is 12.2. The van der Waals surface area contributed by atoms with Crippen LogP contribution in [0, 0.1) is 6.92 Å². The van der Waals surface area contributed by atoms with Crippen molar-refractivity contribution in [1.29, 1.82) is 0 Å². The van der Waals surface area contributed by atoms with E-state index in [9.17, 15) is 4.79 Å². The fourth-order valence-corrected chi connectivity index (χ4v) is 2.49. The zero-order chi connectivity index (χ0) is 17.5. The molecule has 6 heteroatoms. The van der Waals surface area contributed by atoms with Crippen LogP contribution in [0.2, 0.25) is 0 Å². The van der Waals surface area contributed by atoms with Gasteiger partial charge in [-0.2, -0.15) is 0 Å². The number of carbonyl (C=O) groups is 1. The van der Waals surface area contributed by atoms with Gasteiger partial charge in [-0.05, 0) is 26.6 Å². The predicted octanol–water partition coefficient (Wildman–Crippen LogP) is 2.14. The Balaban J connectivity index is 1.86. The van der Waals surface area contributed by atoms with E-state index in [2.05, 4.69) is 46.4 Å². The van der Waals surface area contributed by atoms with E-state index < -0.39 is 0 Å². The maximum Gasteiger partial charge on any atom is 0.317 e. The Bertz CT molecular complexity index is 621. The lowest BCUT2D eigenvalue weighted by atomic mass is 10.0. The highest BCUT2D eigenvalue weighted by Gasteiger charge is 2.16. The summed E-state index contributed by atoms with van der Waals surface area (Å²) < 4.78 is 1.96. The first-order chi connectivity index (χ1) is 11.5. The highest BCUT2D eigenvalue weighted by atomic mass is 16.2. The van der Waals surface area contributed by atoms with E-state index in [0.29, 0.717) is 13.1 Å². The molecule has 0 saturated heterocycles. The number of hydrogen-bond donors (Lipinski definition) is 1. The first kappa shape index (κ1) is 18.0. The Morgan fingerprint density at radius 3 is 2.54 bits per heavy atom. The first-order valence-electron chi connectivity index (χ1n) is 8.15. The molecule has 2 aromatic rings. The van der Waals surface area contributed by atoms with Crippen molar-refractivity contribution in [3.8, 4) is 0 Å². The topological polar surface area (TPSA) is 53.4 Å². The van der Waals surface area contributed by atoms with Gasteiger partial charge in [-0.25, -0.2) is 9.78 Å². The maximum absolute atomic E-state index is 12.3. The predicted molar refractivity (Wildman–Crippen MR) is 95.9 cm³/mol. The van der Waals surface area contributed by atoms with E-state index in [0.717, 1.165) is 6.54 Å². The van der Waals surface area contributed by atoms with Gasteiger partial charge >= 0.3 is 6.03 Å². The van der Waals surface area contributed by atoms with Crippen molar-refractivity contribution < 1.29 is 4.79 Å². The van der Waals surface area contributed by atoms with Gasteiger partial charge in [0.1, 0.15) is 0 Å². The fraction of sp³-hybridized carbons (Fsp3) is 0.444. The van der Waals surface area contributed by atoms with Gasteiger partial charge in [-0.15, -0.1) is 0 Å². The van der Waals surface area contributed by atoms with Gasteiger partial charge in [0.25, 0.3) is 0 Å². The molecular formula is C18H27N5O. The molecule has 0 fully saturated rings. The summed E-state index contributed by atoms with van der Waals surface area (Å²) in [6, 6.07) is 8.53. The van der Waals surface area contributed by atoms with Crippen molar-refractivity contribution >= 4 is 6.03 Å². The van der Waals surface area contributed by atoms with Crippen LogP contribution in [0.1, 0.15) is 17.2 Å². The Labute approximate surface area is 144 Å². The van der Waals surface area contributed by atoms with Gasteiger partial charge < -0.3 is 19.7 Å². The summed E-state index contributed by atoms with van der Waals surface area (Å²) in [6.07, 6.45) is 5.39. The van der Waals surface area contributed by atoms with Crippen molar-refractivity contribution in [1.82, 2.24) is 24.7 Å².